The van der Waals surface area contributed by atoms with E-state index in [1.165, 1.54) is 0 Å². The summed E-state index contributed by atoms with van der Waals surface area (Å²) in [6.07, 6.45) is 0.361. The first-order valence-corrected chi connectivity index (χ1v) is 21.6. The Balaban J connectivity index is 1.15. The van der Waals surface area contributed by atoms with Crippen LogP contribution in [0.25, 0.3) is 0 Å². The molecular weight excluding hydrogens is 825 g/mol. The van der Waals surface area contributed by atoms with Crippen LogP contribution < -0.4 is 0 Å². The van der Waals surface area contributed by atoms with Crippen LogP contribution in [-0.2, 0) is 57.2 Å². The van der Waals surface area contributed by atoms with Crippen molar-refractivity contribution in [3.05, 3.63) is 285 Å². The molecular formula is C58H46O8. The predicted octanol–water partition coefficient (Wildman–Crippen LogP) is 11.7. The van der Waals surface area contributed by atoms with Gasteiger partial charge in [-0.05, 0) is 99.5 Å². The first-order chi connectivity index (χ1) is 32.3. The van der Waals surface area contributed by atoms with Crippen LogP contribution in [0.2, 0.25) is 0 Å². The smallest absolute Gasteiger partial charge is 0.338 e. The fourth-order valence-corrected chi connectivity index (χ4v) is 7.77. The molecule has 8 rings (SSSR count). The molecule has 0 bridgehead atoms. The first-order valence-electron chi connectivity index (χ1n) is 21.6. The van der Waals surface area contributed by atoms with Crippen LogP contribution >= 0.6 is 0 Å². The molecule has 0 aromatic heterocycles. The lowest BCUT2D eigenvalue weighted by Gasteiger charge is -2.37. The van der Waals surface area contributed by atoms with E-state index in [9.17, 15) is 19.2 Å². The topological polar surface area (TPSA) is 105 Å². The highest BCUT2D eigenvalue weighted by Crippen LogP contribution is 2.43. The second-order valence-electron chi connectivity index (χ2n) is 15.8. The maximum Gasteiger partial charge on any atom is 0.338 e. The van der Waals surface area contributed by atoms with Crippen molar-refractivity contribution in [1.29, 1.82) is 0 Å². The summed E-state index contributed by atoms with van der Waals surface area (Å²) < 4.78 is 22.7. The molecule has 0 unspecified atom stereocenters. The molecule has 8 aromatic carbocycles. The van der Waals surface area contributed by atoms with Gasteiger partial charge in [-0.25, -0.2) is 19.2 Å². The summed E-state index contributed by atoms with van der Waals surface area (Å²) in [5.74, 6) is -1.86. The van der Waals surface area contributed by atoms with Crippen molar-refractivity contribution in [2.75, 3.05) is 0 Å². The molecule has 0 atom stereocenters. The van der Waals surface area contributed by atoms with E-state index in [1.54, 1.807) is 48.5 Å². The van der Waals surface area contributed by atoms with Crippen LogP contribution in [-0.4, -0.2) is 23.9 Å². The van der Waals surface area contributed by atoms with Gasteiger partial charge in [-0.15, -0.1) is 0 Å². The number of esters is 4. The normalized spacial score (nSPS) is 11.0. The zero-order chi connectivity index (χ0) is 45.6. The quantitative estimate of drug-likeness (QED) is 0.0506. The molecule has 0 aliphatic carbocycles. The molecule has 326 valence electrons. The summed E-state index contributed by atoms with van der Waals surface area (Å²) >= 11 is 0. The van der Waals surface area contributed by atoms with Crippen molar-refractivity contribution in [2.45, 2.75) is 38.3 Å². The minimum absolute atomic E-state index is 0.126. The Morgan fingerprint density at radius 1 is 0.273 bits per heavy atom. The van der Waals surface area contributed by atoms with Gasteiger partial charge in [0.25, 0.3) is 0 Å². The van der Waals surface area contributed by atoms with Crippen molar-refractivity contribution in [3.8, 4) is 0 Å². The Bertz CT molecular complexity index is 2610. The minimum Gasteiger partial charge on any atom is -0.457 e. The lowest BCUT2D eigenvalue weighted by atomic mass is 9.65. The highest BCUT2D eigenvalue weighted by atomic mass is 16.5. The molecule has 0 aliphatic heterocycles. The molecule has 0 heterocycles. The van der Waals surface area contributed by atoms with Gasteiger partial charge in [0.15, 0.2) is 0 Å². The van der Waals surface area contributed by atoms with E-state index >= 15 is 0 Å². The molecule has 8 heteroatoms. The van der Waals surface area contributed by atoms with Crippen molar-refractivity contribution in [3.63, 3.8) is 0 Å². The van der Waals surface area contributed by atoms with Crippen molar-refractivity contribution < 1.29 is 38.1 Å². The number of carbonyl (C=O) groups excluding carboxylic acids is 4. The number of hydrogen-bond donors (Lipinski definition) is 0. The third kappa shape index (κ3) is 11.0. The zero-order valence-electron chi connectivity index (χ0n) is 36.1. The Labute approximate surface area is 384 Å². The standard InChI is InChI=1S/C58H46O8/c59-54(63-38-43-13-5-1-6-14-43)47-23-21-42(22-24-47)37-58(51-31-25-48(26-32-51)55(60)64-39-44-15-7-2-8-16-44,52-33-27-49(28-34-52)56(61)65-40-45-17-9-3-10-18-45)53-35-29-50(30-36-53)57(62)66-41-46-19-11-4-12-20-46/h1-36H,37-41H2. The van der Waals surface area contributed by atoms with E-state index in [1.807, 2.05) is 170 Å². The molecule has 0 spiro atoms. The van der Waals surface area contributed by atoms with Crippen LogP contribution in [0, 0.1) is 0 Å². The van der Waals surface area contributed by atoms with Gasteiger partial charge in [0.2, 0.25) is 0 Å². The molecule has 0 saturated heterocycles. The van der Waals surface area contributed by atoms with Crippen LogP contribution in [0.4, 0.5) is 0 Å². The number of rotatable bonds is 17. The summed E-state index contributed by atoms with van der Waals surface area (Å²) in [5.41, 5.74) is 7.33. The summed E-state index contributed by atoms with van der Waals surface area (Å²) in [6.45, 7) is 0.524. The average molecular weight is 871 g/mol. The Hall–Kier alpha value is -8.36. The second kappa shape index (κ2) is 21.3. The third-order valence-corrected chi connectivity index (χ3v) is 11.4. The molecule has 0 radical (unpaired) electrons. The maximum absolute atomic E-state index is 13.4. The molecule has 8 aromatic rings. The summed E-state index contributed by atoms with van der Waals surface area (Å²) in [5, 5.41) is 0. The summed E-state index contributed by atoms with van der Waals surface area (Å²) in [7, 11) is 0. The van der Waals surface area contributed by atoms with Gasteiger partial charge in [0, 0.05) is 5.41 Å². The van der Waals surface area contributed by atoms with Gasteiger partial charge in [-0.1, -0.05) is 170 Å². The SMILES string of the molecule is O=C(OCc1ccccc1)c1ccc(CC(c2ccc(C(=O)OCc3ccccc3)cc2)(c2ccc(C(=O)OCc3ccccc3)cc2)c2ccc(C(=O)OCc3ccccc3)cc2)cc1. The van der Waals surface area contributed by atoms with Crippen molar-refractivity contribution >= 4 is 23.9 Å². The maximum atomic E-state index is 13.4. The van der Waals surface area contributed by atoms with Gasteiger partial charge < -0.3 is 18.9 Å². The largest absolute Gasteiger partial charge is 0.457 e. The summed E-state index contributed by atoms with van der Waals surface area (Å²) in [6, 6.07) is 67.1. The van der Waals surface area contributed by atoms with E-state index in [-0.39, 0.29) is 26.4 Å². The Morgan fingerprint density at radius 3 is 0.742 bits per heavy atom. The second-order valence-corrected chi connectivity index (χ2v) is 15.8. The number of carbonyl (C=O) groups is 4. The van der Waals surface area contributed by atoms with Gasteiger partial charge in [0.1, 0.15) is 26.4 Å². The van der Waals surface area contributed by atoms with Gasteiger partial charge in [0.05, 0.1) is 22.3 Å². The van der Waals surface area contributed by atoms with E-state index in [0.717, 1.165) is 44.5 Å². The van der Waals surface area contributed by atoms with Gasteiger partial charge in [-0.2, -0.15) is 0 Å². The lowest BCUT2D eigenvalue weighted by Crippen LogP contribution is -2.32. The molecule has 0 fully saturated rings. The predicted molar refractivity (Wildman–Crippen MR) is 252 cm³/mol. The number of benzene rings is 8. The average Bonchev–Trinajstić information content (AvgIpc) is 3.39. The molecule has 66 heavy (non-hydrogen) atoms. The Kier molecular flexibility index (Phi) is 14.3. The molecule has 0 amide bonds. The molecule has 8 nitrogen and oxygen atoms in total. The van der Waals surface area contributed by atoms with Crippen molar-refractivity contribution in [2.24, 2.45) is 0 Å². The lowest BCUT2D eigenvalue weighted by molar-refractivity contribution is 0.0464. The minimum atomic E-state index is -0.985. The highest BCUT2D eigenvalue weighted by Gasteiger charge is 2.37. The third-order valence-electron chi connectivity index (χ3n) is 11.4. The Morgan fingerprint density at radius 2 is 0.500 bits per heavy atom. The van der Waals surface area contributed by atoms with Crippen LogP contribution in [0.15, 0.2) is 218 Å². The zero-order valence-corrected chi connectivity index (χ0v) is 36.1. The van der Waals surface area contributed by atoms with E-state index in [2.05, 4.69) is 0 Å². The van der Waals surface area contributed by atoms with Crippen LogP contribution in [0.1, 0.15) is 85.9 Å². The number of hydrogen-bond acceptors (Lipinski definition) is 8. The molecule has 0 N–H and O–H groups in total. The monoisotopic (exact) mass is 870 g/mol. The first kappa shape index (κ1) is 44.3. The van der Waals surface area contributed by atoms with E-state index < -0.39 is 29.3 Å². The molecule has 0 saturated carbocycles. The molecule has 0 aliphatic rings. The van der Waals surface area contributed by atoms with Gasteiger partial charge >= 0.3 is 23.9 Å². The summed E-state index contributed by atoms with van der Waals surface area (Å²) in [4.78, 5) is 53.3. The van der Waals surface area contributed by atoms with Crippen molar-refractivity contribution in [1.82, 2.24) is 0 Å². The van der Waals surface area contributed by atoms with Crippen LogP contribution in [0.3, 0.4) is 0 Å². The number of ether oxygens (including phenoxy) is 4. The van der Waals surface area contributed by atoms with Gasteiger partial charge in [-0.3, -0.25) is 0 Å². The fourth-order valence-electron chi connectivity index (χ4n) is 7.77. The van der Waals surface area contributed by atoms with E-state index in [0.29, 0.717) is 28.7 Å². The van der Waals surface area contributed by atoms with E-state index in [4.69, 9.17) is 18.9 Å². The fraction of sp³-hybridized carbons (Fsp3) is 0.103. The van der Waals surface area contributed by atoms with Crippen LogP contribution in [0.5, 0.6) is 0 Å². The highest BCUT2D eigenvalue weighted by molar-refractivity contribution is 5.91.